The number of hydrogen-bond donors (Lipinski definition) is 1. The maximum Gasteiger partial charge on any atom is 0.321 e. The normalized spacial score (nSPS) is 14.1. The number of aromatic nitrogens is 2. The van der Waals surface area contributed by atoms with E-state index in [0.29, 0.717) is 38.5 Å². The van der Waals surface area contributed by atoms with Crippen molar-refractivity contribution in [2.75, 3.05) is 31.5 Å². The first-order valence-electron chi connectivity index (χ1n) is 9.14. The van der Waals surface area contributed by atoms with E-state index in [-0.39, 0.29) is 11.9 Å². The Morgan fingerprint density at radius 2 is 1.75 bits per heavy atom. The van der Waals surface area contributed by atoms with E-state index in [4.69, 9.17) is 4.42 Å². The lowest BCUT2D eigenvalue weighted by Crippen LogP contribution is -2.51. The van der Waals surface area contributed by atoms with E-state index in [2.05, 4.69) is 10.4 Å². The lowest BCUT2D eigenvalue weighted by molar-refractivity contribution is 0.0640. The first kappa shape index (κ1) is 17.8. The van der Waals surface area contributed by atoms with Crippen molar-refractivity contribution in [3.8, 4) is 0 Å². The second-order valence-electron chi connectivity index (χ2n) is 6.59. The lowest BCUT2D eigenvalue weighted by atomic mass is 10.2. The number of urea groups is 1. The lowest BCUT2D eigenvalue weighted by Gasteiger charge is -2.34. The monoisotopic (exact) mass is 379 g/mol. The summed E-state index contributed by atoms with van der Waals surface area (Å²) in [6, 6.07) is 12.8. The molecule has 3 aromatic rings. The predicted molar refractivity (Wildman–Crippen MR) is 103 cm³/mol. The molecule has 3 heterocycles. The molecule has 3 amide bonds. The van der Waals surface area contributed by atoms with Crippen molar-refractivity contribution >= 4 is 17.6 Å². The number of carbonyl (C=O) groups excluding carboxylic acids is 2. The minimum Gasteiger partial charge on any atom is -0.459 e. The molecule has 1 N–H and O–H groups in total. The van der Waals surface area contributed by atoms with Crippen molar-refractivity contribution in [3.05, 3.63) is 72.4 Å². The maximum absolute atomic E-state index is 12.5. The summed E-state index contributed by atoms with van der Waals surface area (Å²) in [7, 11) is 0. The van der Waals surface area contributed by atoms with E-state index in [1.54, 1.807) is 28.1 Å². The van der Waals surface area contributed by atoms with Crippen LogP contribution in [0.1, 0.15) is 16.1 Å². The van der Waals surface area contributed by atoms with Crippen LogP contribution in [0.15, 0.2) is 65.5 Å². The highest BCUT2D eigenvalue weighted by molar-refractivity contribution is 5.92. The van der Waals surface area contributed by atoms with Gasteiger partial charge in [-0.1, -0.05) is 12.1 Å². The molecule has 1 aromatic carbocycles. The van der Waals surface area contributed by atoms with Crippen LogP contribution in [0.4, 0.5) is 10.5 Å². The van der Waals surface area contributed by atoms with Gasteiger partial charge in [-0.2, -0.15) is 5.10 Å². The number of amides is 3. The molecule has 2 aromatic heterocycles. The molecule has 1 aliphatic heterocycles. The minimum absolute atomic E-state index is 0.141. The molecule has 8 nitrogen and oxygen atoms in total. The fourth-order valence-electron chi connectivity index (χ4n) is 3.15. The van der Waals surface area contributed by atoms with Crippen LogP contribution in [0.2, 0.25) is 0 Å². The van der Waals surface area contributed by atoms with Gasteiger partial charge in [-0.05, 0) is 35.9 Å². The van der Waals surface area contributed by atoms with Crippen LogP contribution in [-0.2, 0) is 6.54 Å². The summed E-state index contributed by atoms with van der Waals surface area (Å²) in [5, 5.41) is 7.10. The molecular formula is C20H21N5O3. The van der Waals surface area contributed by atoms with Gasteiger partial charge in [0.05, 0.1) is 12.8 Å². The van der Waals surface area contributed by atoms with Gasteiger partial charge in [0.15, 0.2) is 5.76 Å². The summed E-state index contributed by atoms with van der Waals surface area (Å²) in [6.07, 6.45) is 5.14. The van der Waals surface area contributed by atoms with Gasteiger partial charge in [-0.3, -0.25) is 9.48 Å². The quantitative estimate of drug-likeness (QED) is 0.755. The minimum atomic E-state index is -0.162. The summed E-state index contributed by atoms with van der Waals surface area (Å²) >= 11 is 0. The third-order valence-electron chi connectivity index (χ3n) is 4.70. The first-order chi connectivity index (χ1) is 13.7. The molecule has 0 saturated carbocycles. The van der Waals surface area contributed by atoms with Crippen molar-refractivity contribution < 1.29 is 14.0 Å². The molecule has 1 saturated heterocycles. The highest BCUT2D eigenvalue weighted by Gasteiger charge is 2.26. The molecule has 144 valence electrons. The SMILES string of the molecule is O=C(Nc1ccc(Cn2cccn2)cc1)N1CCN(C(=O)c2ccco2)CC1. The topological polar surface area (TPSA) is 83.6 Å². The van der Waals surface area contributed by atoms with Crippen LogP contribution in [0, 0.1) is 0 Å². The van der Waals surface area contributed by atoms with Crippen molar-refractivity contribution in [1.82, 2.24) is 19.6 Å². The zero-order valence-corrected chi connectivity index (χ0v) is 15.3. The van der Waals surface area contributed by atoms with Crippen LogP contribution in [0.5, 0.6) is 0 Å². The van der Waals surface area contributed by atoms with E-state index < -0.39 is 0 Å². The van der Waals surface area contributed by atoms with Crippen molar-refractivity contribution in [3.63, 3.8) is 0 Å². The van der Waals surface area contributed by atoms with Gasteiger partial charge in [0, 0.05) is 44.3 Å². The number of furan rings is 1. The average Bonchev–Trinajstić information content (AvgIpc) is 3.43. The standard InChI is InChI=1S/C20H21N5O3/c26-19(18-3-1-14-28-18)23-10-12-24(13-11-23)20(27)22-17-6-4-16(5-7-17)15-25-9-2-8-21-25/h1-9,14H,10-13,15H2,(H,22,27). The number of anilines is 1. The zero-order valence-electron chi connectivity index (χ0n) is 15.3. The summed E-state index contributed by atoms with van der Waals surface area (Å²) in [6.45, 7) is 2.61. The van der Waals surface area contributed by atoms with E-state index in [9.17, 15) is 9.59 Å². The van der Waals surface area contributed by atoms with E-state index in [0.717, 1.165) is 11.3 Å². The summed E-state index contributed by atoms with van der Waals surface area (Å²) < 4.78 is 7.00. The highest BCUT2D eigenvalue weighted by atomic mass is 16.3. The van der Waals surface area contributed by atoms with Crippen LogP contribution in [0.25, 0.3) is 0 Å². The fourth-order valence-corrected chi connectivity index (χ4v) is 3.15. The van der Waals surface area contributed by atoms with Crippen LogP contribution >= 0.6 is 0 Å². The molecule has 1 aliphatic rings. The summed E-state index contributed by atoms with van der Waals surface area (Å²) in [5.74, 6) is 0.186. The van der Waals surface area contributed by atoms with Crippen molar-refractivity contribution in [1.29, 1.82) is 0 Å². The predicted octanol–water partition coefficient (Wildman–Crippen LogP) is 2.51. The number of carbonyl (C=O) groups is 2. The Morgan fingerprint density at radius 3 is 2.39 bits per heavy atom. The average molecular weight is 379 g/mol. The van der Waals surface area contributed by atoms with Crippen LogP contribution in [0.3, 0.4) is 0 Å². The molecule has 0 atom stereocenters. The summed E-state index contributed by atoms with van der Waals surface area (Å²) in [4.78, 5) is 28.2. The fraction of sp³-hybridized carbons (Fsp3) is 0.250. The van der Waals surface area contributed by atoms with Gasteiger partial charge in [-0.25, -0.2) is 4.79 Å². The van der Waals surface area contributed by atoms with Crippen molar-refractivity contribution in [2.45, 2.75) is 6.54 Å². The van der Waals surface area contributed by atoms with Crippen LogP contribution in [-0.4, -0.2) is 57.7 Å². The Balaban J connectivity index is 1.28. The Hall–Kier alpha value is -3.55. The Morgan fingerprint density at radius 1 is 1.00 bits per heavy atom. The molecule has 1 fully saturated rings. The van der Waals surface area contributed by atoms with Crippen LogP contribution < -0.4 is 5.32 Å². The van der Waals surface area contributed by atoms with E-state index in [1.165, 1.54) is 6.26 Å². The zero-order chi connectivity index (χ0) is 19.3. The van der Waals surface area contributed by atoms with E-state index >= 15 is 0 Å². The van der Waals surface area contributed by atoms with Gasteiger partial charge >= 0.3 is 6.03 Å². The Kier molecular flexibility index (Phi) is 5.09. The highest BCUT2D eigenvalue weighted by Crippen LogP contribution is 2.13. The molecule has 28 heavy (non-hydrogen) atoms. The Bertz CT molecular complexity index is 911. The first-order valence-corrected chi connectivity index (χ1v) is 9.14. The largest absolute Gasteiger partial charge is 0.459 e. The molecule has 4 rings (SSSR count). The third-order valence-corrected chi connectivity index (χ3v) is 4.70. The molecule has 0 unspecified atom stereocenters. The third kappa shape index (κ3) is 4.06. The van der Waals surface area contributed by atoms with Gasteiger partial charge < -0.3 is 19.5 Å². The molecule has 0 bridgehead atoms. The molecule has 8 heteroatoms. The molecular weight excluding hydrogens is 358 g/mol. The number of benzene rings is 1. The number of hydrogen-bond acceptors (Lipinski definition) is 4. The summed E-state index contributed by atoms with van der Waals surface area (Å²) in [5.41, 5.74) is 1.84. The maximum atomic E-state index is 12.5. The van der Waals surface area contributed by atoms with Gasteiger partial charge in [-0.15, -0.1) is 0 Å². The van der Waals surface area contributed by atoms with Gasteiger partial charge in [0.25, 0.3) is 5.91 Å². The molecule has 0 aliphatic carbocycles. The number of piperazine rings is 1. The van der Waals surface area contributed by atoms with Crippen molar-refractivity contribution in [2.24, 2.45) is 0 Å². The number of nitrogens with one attached hydrogen (secondary N) is 1. The molecule has 0 radical (unpaired) electrons. The smallest absolute Gasteiger partial charge is 0.321 e. The van der Waals surface area contributed by atoms with E-state index in [1.807, 2.05) is 41.2 Å². The van der Waals surface area contributed by atoms with Gasteiger partial charge in [0.2, 0.25) is 0 Å². The molecule has 0 spiro atoms. The van der Waals surface area contributed by atoms with Gasteiger partial charge in [0.1, 0.15) is 0 Å². The second kappa shape index (κ2) is 7.99. The number of rotatable bonds is 4. The number of nitrogens with zero attached hydrogens (tertiary/aromatic N) is 4. The Labute approximate surface area is 162 Å². The second-order valence-corrected chi connectivity index (χ2v) is 6.59.